The van der Waals surface area contributed by atoms with Gasteiger partial charge in [0.2, 0.25) is 0 Å². The molecule has 0 radical (unpaired) electrons. The van der Waals surface area contributed by atoms with E-state index in [4.69, 9.17) is 40.1 Å². The van der Waals surface area contributed by atoms with Crippen molar-refractivity contribution in [2.45, 2.75) is 237 Å². The molecule has 10 rings (SSSR count). The molecular weight excluding hydrogens is 1610 g/mol. The van der Waals surface area contributed by atoms with Crippen LogP contribution in [0.25, 0.3) is 21.8 Å². The van der Waals surface area contributed by atoms with Crippen molar-refractivity contribution in [3.05, 3.63) is 252 Å². The first-order valence-electron chi connectivity index (χ1n) is 36.7. The Hall–Kier alpha value is -9.14. The van der Waals surface area contributed by atoms with E-state index in [-0.39, 0.29) is 77.7 Å². The maximum Gasteiger partial charge on any atom is 0.275 e. The van der Waals surface area contributed by atoms with Gasteiger partial charge >= 0.3 is 0 Å². The molecule has 2 aromatic heterocycles. The van der Waals surface area contributed by atoms with E-state index in [1.54, 1.807) is 24.4 Å². The second-order valence-corrected chi connectivity index (χ2v) is 44.1. The minimum absolute atomic E-state index is 0. The van der Waals surface area contributed by atoms with Crippen molar-refractivity contribution in [3.63, 3.8) is 0 Å². The number of hydrogen-bond donors (Lipinski definition) is 9. The van der Waals surface area contributed by atoms with E-state index in [2.05, 4.69) is 253 Å². The van der Waals surface area contributed by atoms with Crippen LogP contribution in [-0.4, -0.2) is 32.8 Å². The predicted molar refractivity (Wildman–Crippen MR) is 496 cm³/mol. The van der Waals surface area contributed by atoms with E-state index in [1.807, 2.05) is 123 Å². The molecule has 0 atom stereocenters. The lowest BCUT2D eigenvalue weighted by molar-refractivity contribution is -0.386. The maximum atomic E-state index is 11.2. The number of H-pyrrole nitrogens is 2. The maximum absolute atomic E-state index is 11.2. The molecule has 0 fully saturated rings. The summed E-state index contributed by atoms with van der Waals surface area (Å²) in [6, 6.07) is 46.2. The molecular formula is C90H127Br3N12O6Si. The fourth-order valence-corrected chi connectivity index (χ4v) is 12.2. The molecule has 0 spiro atoms. The van der Waals surface area contributed by atoms with E-state index in [9.17, 15) is 30.3 Å². The first-order chi connectivity index (χ1) is 50.3. The molecule has 18 nitrogen and oxygen atoms in total. The monoisotopic (exact) mass is 1740 g/mol. The van der Waals surface area contributed by atoms with Gasteiger partial charge in [0.1, 0.15) is 8.07 Å². The van der Waals surface area contributed by atoms with E-state index >= 15 is 0 Å². The summed E-state index contributed by atoms with van der Waals surface area (Å²) < 4.78 is 2.66. The summed E-state index contributed by atoms with van der Waals surface area (Å²) in [6.07, 6.45) is 3.73. The molecule has 0 aliphatic rings. The van der Waals surface area contributed by atoms with Gasteiger partial charge in [-0.25, -0.2) is 0 Å². The van der Waals surface area contributed by atoms with Crippen molar-refractivity contribution >= 4 is 135 Å². The fraction of sp³-hybridized carbons (Fsp3) is 0.400. The number of anilines is 7. The highest BCUT2D eigenvalue weighted by molar-refractivity contribution is 9.11. The molecule has 10 aromatic rings. The first kappa shape index (κ1) is 98.9. The summed E-state index contributed by atoms with van der Waals surface area (Å²) in [5.74, 6) is 3.10. The lowest BCUT2D eigenvalue weighted by atomic mass is 9.84. The summed E-state index contributed by atoms with van der Waals surface area (Å²) in [7, 11) is -1.51. The molecule has 0 unspecified atom stereocenters. The third-order valence-corrected chi connectivity index (χ3v) is 20.3. The van der Waals surface area contributed by atoms with Crippen LogP contribution in [0.3, 0.4) is 0 Å². The van der Waals surface area contributed by atoms with Gasteiger partial charge in [-0.15, -0.1) is 5.54 Å². The second-order valence-electron chi connectivity index (χ2n) is 36.8. The van der Waals surface area contributed by atoms with Crippen molar-refractivity contribution in [2.75, 3.05) is 40.1 Å². The minimum Gasteiger partial charge on any atom is -0.399 e. The second kappa shape index (κ2) is 39.5. The Morgan fingerprint density at radius 3 is 0.946 bits per heavy atom. The summed E-state index contributed by atoms with van der Waals surface area (Å²) >= 11 is 10.1. The Morgan fingerprint density at radius 2 is 0.625 bits per heavy atom. The van der Waals surface area contributed by atoms with Gasteiger partial charge in [-0.3, -0.25) is 30.3 Å². The third kappa shape index (κ3) is 31.4. The van der Waals surface area contributed by atoms with Crippen LogP contribution in [0.2, 0.25) is 19.6 Å². The van der Waals surface area contributed by atoms with Crippen LogP contribution < -0.4 is 40.1 Å². The first-order valence-corrected chi connectivity index (χ1v) is 42.5. The number of benzene rings is 8. The Balaban J connectivity index is 0.000000437. The number of fused-ring (bicyclic) bond motifs is 2. The van der Waals surface area contributed by atoms with Gasteiger partial charge in [-0.1, -0.05) is 236 Å². The number of aromatic amines is 2. The molecule has 8 aromatic carbocycles. The summed E-state index contributed by atoms with van der Waals surface area (Å²) in [5, 5.41) is 35.3. The number of nitrogens with zero attached hydrogens (tertiary/aromatic N) is 3. The highest BCUT2D eigenvalue weighted by Crippen LogP contribution is 2.40. The number of halogens is 3. The average molecular weight is 1740 g/mol. The van der Waals surface area contributed by atoms with Crippen LogP contribution in [0.1, 0.15) is 224 Å². The highest BCUT2D eigenvalue weighted by atomic mass is 79.9. The number of nitro groups is 3. The van der Waals surface area contributed by atoms with Crippen LogP contribution in [0, 0.1) is 41.8 Å². The molecule has 2 heterocycles. The zero-order valence-corrected chi connectivity index (χ0v) is 76.2. The van der Waals surface area contributed by atoms with Gasteiger partial charge in [0.25, 0.3) is 17.1 Å². The van der Waals surface area contributed by atoms with Crippen molar-refractivity contribution in [1.29, 1.82) is 0 Å². The van der Waals surface area contributed by atoms with Gasteiger partial charge in [0.05, 0.1) is 31.7 Å². The lowest BCUT2D eigenvalue weighted by Gasteiger charge is -2.21. The zero-order chi connectivity index (χ0) is 85.5. The topological polar surface area (TPSA) is 343 Å². The van der Waals surface area contributed by atoms with Crippen LogP contribution in [-0.2, 0) is 43.3 Å². The van der Waals surface area contributed by atoms with Crippen molar-refractivity contribution in [1.82, 2.24) is 9.97 Å². The fourth-order valence-electron chi connectivity index (χ4n) is 10.6. The van der Waals surface area contributed by atoms with Gasteiger partial charge in [-0.05, 0) is 215 Å². The number of nitrogens with one attached hydrogen (secondary N) is 2. The van der Waals surface area contributed by atoms with E-state index < -0.39 is 13.0 Å². The summed E-state index contributed by atoms with van der Waals surface area (Å²) in [6.45, 7) is 56.8. The van der Waals surface area contributed by atoms with Gasteiger partial charge in [0, 0.05) is 106 Å². The molecule has 0 saturated carbocycles. The van der Waals surface area contributed by atoms with Crippen LogP contribution in [0.4, 0.5) is 56.9 Å². The predicted octanol–water partition coefficient (Wildman–Crippen LogP) is 25.8. The van der Waals surface area contributed by atoms with Gasteiger partial charge in [0.15, 0.2) is 0 Å². The van der Waals surface area contributed by atoms with E-state index in [0.29, 0.717) is 32.5 Å². The van der Waals surface area contributed by atoms with Crippen molar-refractivity contribution in [2.24, 2.45) is 0 Å². The van der Waals surface area contributed by atoms with Crippen LogP contribution in [0.5, 0.6) is 0 Å². The standard InChI is InChI=1S/C15H22N2O2Si.C12H14N2O2.C12H16N2.C10H13BrN2O2.2C10H14BrN.2C10H15N.CH4/c1-15(2,3)12-9-11(7-8-20(4,5)6)13(16)10-14(12)17(18)19;1-12(2,3)9-6-8-4-5-13-10(8)7-11(9)14(15)16;1-12(2,3)9-6-8-4-5-14-11(8)7-10(9)13;1-10(2,3)6-4-7(11)8(12)5-9(6)13(14)15;2*1-10(2,3)7-4-5-9(12)8(11)6-7;2*1-10(2,3)8-4-6-9(11)7-5-8;/h9-10H,16H2,1-6H3;4-7,13H,1-3H3;4-7,14H,13H2,1-3H3;4-5H,12H2,1-3H3;2*4-6H,12H2,1-3H3;2*4-7H,11H2,1-3H3;1H4. The number of rotatable bonds is 3. The SMILES string of the molecule is C.CC(C)(C)c1cc(Br)c(N)cc1[N+](=O)[O-].CC(C)(C)c1cc(C#C[Si](C)(C)C)c(N)cc1[N+](=O)[O-].CC(C)(C)c1cc2cc[nH]c2cc1N.CC(C)(C)c1cc2cc[nH]c2cc1[N+](=O)[O-].CC(C)(C)c1ccc(N)c(Br)c1.CC(C)(C)c1ccc(N)c(Br)c1.CC(C)(C)c1ccc(N)cc1.CC(C)(C)c1ccc(N)cc1. The van der Waals surface area contributed by atoms with Crippen LogP contribution in [0.15, 0.2) is 171 Å². The lowest BCUT2D eigenvalue weighted by Crippen LogP contribution is -2.17. The van der Waals surface area contributed by atoms with Crippen molar-refractivity contribution < 1.29 is 14.8 Å². The number of nitrogen functional groups attached to an aromatic ring is 7. The molecule has 0 aliphatic heterocycles. The van der Waals surface area contributed by atoms with Crippen molar-refractivity contribution in [3.8, 4) is 11.5 Å². The Bertz CT molecular complexity index is 4760. The molecule has 0 bridgehead atoms. The smallest absolute Gasteiger partial charge is 0.275 e. The third-order valence-electron chi connectivity index (χ3n) is 17.4. The minimum atomic E-state index is -1.51. The molecule has 112 heavy (non-hydrogen) atoms. The molecule has 0 aliphatic carbocycles. The Kier molecular flexibility index (Phi) is 34.9. The van der Waals surface area contributed by atoms with E-state index in [1.165, 1.54) is 45.3 Å². The Labute approximate surface area is 694 Å². The van der Waals surface area contributed by atoms with Gasteiger partial charge < -0.3 is 50.1 Å². The normalized spacial score (nSPS) is 11.6. The number of hydrogen-bond acceptors (Lipinski definition) is 13. The summed E-state index contributed by atoms with van der Waals surface area (Å²) in [5.41, 5.74) is 59.8. The van der Waals surface area contributed by atoms with Crippen LogP contribution >= 0.6 is 47.8 Å². The Morgan fingerprint density at radius 1 is 0.330 bits per heavy atom. The largest absolute Gasteiger partial charge is 0.399 e. The quantitative estimate of drug-likeness (QED) is 0.0261. The molecule has 0 saturated heterocycles. The molecule has 0 amide bonds. The summed E-state index contributed by atoms with van der Waals surface area (Å²) in [4.78, 5) is 38.1. The zero-order valence-electron chi connectivity index (χ0n) is 70.5. The number of nitro benzene ring substituents is 3. The van der Waals surface area contributed by atoms with Gasteiger partial charge in [-0.2, -0.15) is 0 Å². The number of aromatic nitrogens is 2. The molecule has 22 heteroatoms. The molecule has 608 valence electrons. The number of nitrogens with two attached hydrogens (primary N) is 7. The average Bonchev–Trinajstić information content (AvgIpc) is 1.35. The van der Waals surface area contributed by atoms with E-state index in [0.717, 1.165) is 59.4 Å². The highest BCUT2D eigenvalue weighted by Gasteiger charge is 2.29. The molecule has 16 N–H and O–H groups in total.